The minimum Gasteiger partial charge on any atom is -0.395 e. The zero-order valence-electron chi connectivity index (χ0n) is 12.2. The van der Waals surface area contributed by atoms with Crippen LogP contribution in [-0.2, 0) is 6.54 Å². The zero-order chi connectivity index (χ0) is 13.7. The molecule has 3 nitrogen and oxygen atoms in total. The molecule has 2 rings (SSSR count). The third-order valence-corrected chi connectivity index (χ3v) is 4.12. The predicted molar refractivity (Wildman–Crippen MR) is 79.3 cm³/mol. The van der Waals surface area contributed by atoms with Crippen LogP contribution in [-0.4, -0.2) is 54.2 Å². The van der Waals surface area contributed by atoms with Crippen molar-refractivity contribution in [2.75, 3.05) is 39.3 Å². The Morgan fingerprint density at radius 2 is 1.63 bits per heavy atom. The van der Waals surface area contributed by atoms with Crippen molar-refractivity contribution >= 4 is 0 Å². The second-order valence-corrected chi connectivity index (χ2v) is 5.57. The van der Waals surface area contributed by atoms with Crippen LogP contribution in [0.2, 0.25) is 0 Å². The predicted octanol–water partition coefficient (Wildman–Crippen LogP) is 1.80. The summed E-state index contributed by atoms with van der Waals surface area (Å²) in [5.41, 5.74) is 4.28. The van der Waals surface area contributed by atoms with Crippen molar-refractivity contribution in [1.29, 1.82) is 0 Å². The maximum absolute atomic E-state index is 9.03. The van der Waals surface area contributed by atoms with Gasteiger partial charge in [0.05, 0.1) is 6.61 Å². The van der Waals surface area contributed by atoms with E-state index < -0.39 is 0 Å². The van der Waals surface area contributed by atoms with Crippen molar-refractivity contribution in [3.8, 4) is 0 Å². The van der Waals surface area contributed by atoms with Crippen LogP contribution in [0.25, 0.3) is 0 Å². The van der Waals surface area contributed by atoms with Gasteiger partial charge in [-0.05, 0) is 50.0 Å². The number of benzene rings is 1. The fourth-order valence-corrected chi connectivity index (χ4v) is 2.87. The van der Waals surface area contributed by atoms with Crippen LogP contribution < -0.4 is 0 Å². The maximum atomic E-state index is 9.03. The van der Waals surface area contributed by atoms with E-state index in [-0.39, 0.29) is 6.61 Å². The van der Waals surface area contributed by atoms with Crippen LogP contribution in [0.5, 0.6) is 0 Å². The van der Waals surface area contributed by atoms with E-state index in [1.165, 1.54) is 23.1 Å². The fraction of sp³-hybridized carbons (Fsp3) is 0.625. The van der Waals surface area contributed by atoms with Crippen molar-refractivity contribution in [3.63, 3.8) is 0 Å². The number of hydrogen-bond acceptors (Lipinski definition) is 3. The molecule has 1 aliphatic rings. The third kappa shape index (κ3) is 4.03. The Hall–Kier alpha value is -0.900. The smallest absolute Gasteiger partial charge is 0.0558 e. The number of aliphatic hydroxyl groups excluding tert-OH is 1. The Morgan fingerprint density at radius 1 is 1.00 bits per heavy atom. The second kappa shape index (κ2) is 7.04. The number of aliphatic hydroxyl groups is 1. The summed E-state index contributed by atoms with van der Waals surface area (Å²) in [7, 11) is 0. The number of aryl methyl sites for hydroxylation is 2. The summed E-state index contributed by atoms with van der Waals surface area (Å²) >= 11 is 0. The Bertz CT molecular complexity index is 385. The van der Waals surface area contributed by atoms with Gasteiger partial charge in [-0.3, -0.25) is 9.80 Å². The van der Waals surface area contributed by atoms with E-state index in [0.29, 0.717) is 0 Å². The molecule has 0 bridgehead atoms. The lowest BCUT2D eigenvalue weighted by Crippen LogP contribution is -2.32. The molecule has 0 aromatic heterocycles. The number of hydrogen-bond donors (Lipinski definition) is 1. The van der Waals surface area contributed by atoms with E-state index in [2.05, 4.69) is 41.8 Å². The minimum atomic E-state index is 0.275. The molecule has 0 spiro atoms. The van der Waals surface area contributed by atoms with Crippen molar-refractivity contribution < 1.29 is 5.11 Å². The van der Waals surface area contributed by atoms with Gasteiger partial charge in [0.25, 0.3) is 0 Å². The van der Waals surface area contributed by atoms with Gasteiger partial charge < -0.3 is 5.11 Å². The average molecular weight is 262 g/mol. The Kier molecular flexibility index (Phi) is 5.37. The number of rotatable bonds is 4. The van der Waals surface area contributed by atoms with E-state index in [1.807, 2.05) is 0 Å². The minimum absolute atomic E-state index is 0.275. The van der Waals surface area contributed by atoms with E-state index in [1.54, 1.807) is 0 Å². The molecule has 0 unspecified atom stereocenters. The maximum Gasteiger partial charge on any atom is 0.0558 e. The Labute approximate surface area is 116 Å². The third-order valence-electron chi connectivity index (χ3n) is 4.12. The van der Waals surface area contributed by atoms with Crippen LogP contribution in [0.4, 0.5) is 0 Å². The monoisotopic (exact) mass is 262 g/mol. The highest BCUT2D eigenvalue weighted by Gasteiger charge is 2.15. The lowest BCUT2D eigenvalue weighted by Gasteiger charge is -2.23. The fourth-order valence-electron chi connectivity index (χ4n) is 2.87. The SMILES string of the molecule is Cc1cccc(C)c1CN1CCCN(CCO)CC1. The summed E-state index contributed by atoms with van der Waals surface area (Å²) in [6.07, 6.45) is 1.20. The van der Waals surface area contributed by atoms with Gasteiger partial charge in [-0.25, -0.2) is 0 Å². The molecule has 0 amide bonds. The lowest BCUT2D eigenvalue weighted by molar-refractivity contribution is 0.196. The highest BCUT2D eigenvalue weighted by Crippen LogP contribution is 2.16. The molecule has 106 valence electrons. The second-order valence-electron chi connectivity index (χ2n) is 5.57. The lowest BCUT2D eigenvalue weighted by atomic mass is 10.0. The van der Waals surface area contributed by atoms with Gasteiger partial charge >= 0.3 is 0 Å². The molecule has 0 radical (unpaired) electrons. The first-order valence-electron chi connectivity index (χ1n) is 7.31. The first kappa shape index (κ1) is 14.5. The number of nitrogens with zero attached hydrogens (tertiary/aromatic N) is 2. The molecule has 1 heterocycles. The van der Waals surface area contributed by atoms with Crippen LogP contribution in [0.1, 0.15) is 23.1 Å². The van der Waals surface area contributed by atoms with Gasteiger partial charge in [-0.1, -0.05) is 18.2 Å². The van der Waals surface area contributed by atoms with Gasteiger partial charge in [0, 0.05) is 26.2 Å². The van der Waals surface area contributed by atoms with Gasteiger partial charge in [0.15, 0.2) is 0 Å². The summed E-state index contributed by atoms with van der Waals surface area (Å²) in [4.78, 5) is 4.91. The normalized spacial score (nSPS) is 18.5. The molecular formula is C16H26N2O. The standard InChI is InChI=1S/C16H26N2O/c1-14-5-3-6-15(2)16(14)13-18-8-4-7-17(9-10-18)11-12-19/h3,5-6,19H,4,7-13H2,1-2H3. The zero-order valence-corrected chi connectivity index (χ0v) is 12.2. The molecule has 1 aliphatic heterocycles. The largest absolute Gasteiger partial charge is 0.395 e. The molecule has 1 saturated heterocycles. The Morgan fingerprint density at radius 3 is 2.32 bits per heavy atom. The average Bonchev–Trinajstić information content (AvgIpc) is 2.60. The summed E-state index contributed by atoms with van der Waals surface area (Å²) in [5.74, 6) is 0. The molecule has 19 heavy (non-hydrogen) atoms. The molecular weight excluding hydrogens is 236 g/mol. The molecule has 0 atom stereocenters. The van der Waals surface area contributed by atoms with Crippen LogP contribution >= 0.6 is 0 Å². The quantitative estimate of drug-likeness (QED) is 0.896. The molecule has 1 aromatic carbocycles. The summed E-state index contributed by atoms with van der Waals surface area (Å²) < 4.78 is 0. The molecule has 0 aliphatic carbocycles. The topological polar surface area (TPSA) is 26.7 Å². The highest BCUT2D eigenvalue weighted by atomic mass is 16.3. The van der Waals surface area contributed by atoms with Crippen LogP contribution in [0, 0.1) is 13.8 Å². The molecule has 1 aromatic rings. The number of β-amino-alcohol motifs (C(OH)–C–C–N with tert-alkyl or cyclic N) is 1. The molecule has 1 fully saturated rings. The molecule has 0 saturated carbocycles. The summed E-state index contributed by atoms with van der Waals surface area (Å²) in [5, 5.41) is 9.03. The summed E-state index contributed by atoms with van der Waals surface area (Å²) in [6.45, 7) is 11.0. The first-order chi connectivity index (χ1) is 9.20. The van der Waals surface area contributed by atoms with E-state index >= 15 is 0 Å². The molecule has 1 N–H and O–H groups in total. The van der Waals surface area contributed by atoms with Gasteiger partial charge in [0.1, 0.15) is 0 Å². The summed E-state index contributed by atoms with van der Waals surface area (Å²) in [6, 6.07) is 6.55. The van der Waals surface area contributed by atoms with Crippen LogP contribution in [0.3, 0.4) is 0 Å². The Balaban J connectivity index is 1.96. The van der Waals surface area contributed by atoms with Gasteiger partial charge in [-0.15, -0.1) is 0 Å². The van der Waals surface area contributed by atoms with Crippen molar-refractivity contribution in [2.24, 2.45) is 0 Å². The van der Waals surface area contributed by atoms with E-state index in [4.69, 9.17) is 5.11 Å². The highest BCUT2D eigenvalue weighted by molar-refractivity contribution is 5.33. The molecule has 3 heteroatoms. The van der Waals surface area contributed by atoms with Crippen molar-refractivity contribution in [3.05, 3.63) is 34.9 Å². The first-order valence-corrected chi connectivity index (χ1v) is 7.31. The van der Waals surface area contributed by atoms with Gasteiger partial charge in [0.2, 0.25) is 0 Å². The van der Waals surface area contributed by atoms with Crippen LogP contribution in [0.15, 0.2) is 18.2 Å². The van der Waals surface area contributed by atoms with E-state index in [9.17, 15) is 0 Å². The van der Waals surface area contributed by atoms with E-state index in [0.717, 1.165) is 39.3 Å². The van der Waals surface area contributed by atoms with Crippen molar-refractivity contribution in [2.45, 2.75) is 26.8 Å². The van der Waals surface area contributed by atoms with Crippen molar-refractivity contribution in [1.82, 2.24) is 9.80 Å². The van der Waals surface area contributed by atoms with Gasteiger partial charge in [-0.2, -0.15) is 0 Å².